The van der Waals surface area contributed by atoms with Crippen LogP contribution in [0.5, 0.6) is 0 Å². The van der Waals surface area contributed by atoms with Gasteiger partial charge in [-0.3, -0.25) is 9.69 Å². The summed E-state index contributed by atoms with van der Waals surface area (Å²) in [5.74, 6) is -0.0982. The molecule has 0 saturated heterocycles. The first-order chi connectivity index (χ1) is 9.45. The highest BCUT2D eigenvalue weighted by atomic mass is 35.5. The van der Waals surface area contributed by atoms with Gasteiger partial charge in [0, 0.05) is 25.3 Å². The van der Waals surface area contributed by atoms with Crippen LogP contribution in [-0.2, 0) is 9.53 Å². The normalized spacial score (nSPS) is 12.4. The molecule has 112 valence electrons. The van der Waals surface area contributed by atoms with Crippen molar-refractivity contribution in [2.45, 2.75) is 19.4 Å². The Morgan fingerprint density at radius 2 is 2.25 bits per heavy atom. The first-order valence-electron chi connectivity index (χ1n) is 6.50. The third-order valence-electron chi connectivity index (χ3n) is 3.17. The summed E-state index contributed by atoms with van der Waals surface area (Å²) in [6.45, 7) is 3.33. The third kappa shape index (κ3) is 5.00. The van der Waals surface area contributed by atoms with E-state index in [0.29, 0.717) is 23.0 Å². The molecule has 0 aliphatic carbocycles. The van der Waals surface area contributed by atoms with Gasteiger partial charge in [0.25, 0.3) is 0 Å². The third-order valence-corrected chi connectivity index (χ3v) is 3.41. The number of nitrogen functional groups attached to an aromatic ring is 1. The molecule has 0 spiro atoms. The van der Waals surface area contributed by atoms with E-state index in [0.717, 1.165) is 13.0 Å². The Balaban J connectivity index is 2.56. The molecule has 1 atom stereocenters. The molecule has 0 radical (unpaired) electrons. The van der Waals surface area contributed by atoms with Crippen LogP contribution >= 0.6 is 11.6 Å². The van der Waals surface area contributed by atoms with Crippen LogP contribution in [-0.4, -0.2) is 44.2 Å². The Morgan fingerprint density at radius 3 is 2.85 bits per heavy atom. The molecule has 3 N–H and O–H groups in total. The summed E-state index contributed by atoms with van der Waals surface area (Å²) in [5, 5.41) is 3.36. The van der Waals surface area contributed by atoms with Crippen molar-refractivity contribution < 1.29 is 9.53 Å². The van der Waals surface area contributed by atoms with Crippen molar-refractivity contribution in [1.82, 2.24) is 4.90 Å². The average Bonchev–Trinajstić information content (AvgIpc) is 2.41. The number of benzene rings is 1. The van der Waals surface area contributed by atoms with Gasteiger partial charge in [0.1, 0.15) is 0 Å². The zero-order valence-electron chi connectivity index (χ0n) is 12.1. The minimum atomic E-state index is -0.248. The fourth-order valence-corrected chi connectivity index (χ4v) is 1.92. The summed E-state index contributed by atoms with van der Waals surface area (Å²) < 4.78 is 5.00. The fourth-order valence-electron chi connectivity index (χ4n) is 1.74. The quantitative estimate of drug-likeness (QED) is 0.598. The monoisotopic (exact) mass is 299 g/mol. The molecular weight excluding hydrogens is 278 g/mol. The molecule has 1 aromatic rings. The van der Waals surface area contributed by atoms with E-state index in [1.165, 1.54) is 0 Å². The summed E-state index contributed by atoms with van der Waals surface area (Å²) >= 11 is 5.82. The molecule has 0 aliphatic heterocycles. The Morgan fingerprint density at radius 1 is 1.55 bits per heavy atom. The summed E-state index contributed by atoms with van der Waals surface area (Å²) in [4.78, 5) is 14.1. The van der Waals surface area contributed by atoms with Crippen molar-refractivity contribution in [3.05, 3.63) is 23.2 Å². The number of hydrogen-bond donors (Lipinski definition) is 2. The second-order valence-electron chi connectivity index (χ2n) is 4.72. The van der Waals surface area contributed by atoms with E-state index in [2.05, 4.69) is 5.32 Å². The number of carbonyl (C=O) groups is 1. The summed E-state index contributed by atoms with van der Waals surface area (Å²) in [6, 6.07) is 4.76. The number of ether oxygens (including phenoxy) is 1. The number of hydrogen-bond acceptors (Lipinski definition) is 4. The van der Waals surface area contributed by atoms with Crippen LogP contribution in [0.15, 0.2) is 18.2 Å². The van der Waals surface area contributed by atoms with Crippen LogP contribution < -0.4 is 11.1 Å². The van der Waals surface area contributed by atoms with Gasteiger partial charge in [0.15, 0.2) is 0 Å². The molecule has 5 nitrogen and oxygen atoms in total. The Hall–Kier alpha value is -1.30. The van der Waals surface area contributed by atoms with Crippen molar-refractivity contribution in [1.29, 1.82) is 0 Å². The van der Waals surface area contributed by atoms with Crippen molar-refractivity contribution in [3.63, 3.8) is 0 Å². The lowest BCUT2D eigenvalue weighted by atomic mass is 10.2. The number of rotatable bonds is 7. The summed E-state index contributed by atoms with van der Waals surface area (Å²) in [7, 11) is 3.57. The molecule has 1 aromatic carbocycles. The van der Waals surface area contributed by atoms with E-state index in [1.54, 1.807) is 25.3 Å². The number of nitrogens with zero attached hydrogens (tertiary/aromatic N) is 1. The van der Waals surface area contributed by atoms with Crippen LogP contribution in [0.4, 0.5) is 11.4 Å². The van der Waals surface area contributed by atoms with Gasteiger partial charge >= 0.3 is 0 Å². The van der Waals surface area contributed by atoms with Crippen molar-refractivity contribution in [2.24, 2.45) is 0 Å². The number of nitrogens with one attached hydrogen (secondary N) is 1. The highest BCUT2D eigenvalue weighted by molar-refractivity contribution is 6.31. The Bertz CT molecular complexity index is 454. The SMILES string of the molecule is COCCCN(C)C(C)C(=O)Nc1ccc(Cl)cc1N. The second kappa shape index (κ2) is 8.09. The van der Waals surface area contributed by atoms with Crippen LogP contribution in [0.1, 0.15) is 13.3 Å². The lowest BCUT2D eigenvalue weighted by Crippen LogP contribution is -2.40. The summed E-state index contributed by atoms with van der Waals surface area (Å²) in [5.41, 5.74) is 6.85. The maximum absolute atomic E-state index is 12.2. The van der Waals surface area contributed by atoms with Gasteiger partial charge in [-0.05, 0) is 38.6 Å². The molecule has 0 heterocycles. The van der Waals surface area contributed by atoms with Crippen molar-refractivity contribution >= 4 is 28.9 Å². The van der Waals surface area contributed by atoms with Crippen LogP contribution in [0, 0.1) is 0 Å². The van der Waals surface area contributed by atoms with Gasteiger partial charge < -0.3 is 15.8 Å². The Labute approximate surface area is 125 Å². The number of methoxy groups -OCH3 is 1. The number of anilines is 2. The predicted octanol–water partition coefficient (Wildman–Crippen LogP) is 2.22. The smallest absolute Gasteiger partial charge is 0.241 e. The number of halogens is 1. The predicted molar refractivity (Wildman–Crippen MR) is 83.1 cm³/mol. The van der Waals surface area contributed by atoms with Crippen molar-refractivity contribution in [3.8, 4) is 0 Å². The van der Waals surface area contributed by atoms with Gasteiger partial charge in [-0.25, -0.2) is 0 Å². The van der Waals surface area contributed by atoms with Gasteiger partial charge in [-0.2, -0.15) is 0 Å². The molecule has 6 heteroatoms. The maximum atomic E-state index is 12.2. The molecule has 0 aromatic heterocycles. The van der Waals surface area contributed by atoms with Crippen molar-refractivity contribution in [2.75, 3.05) is 38.4 Å². The van der Waals surface area contributed by atoms with Crippen LogP contribution in [0.3, 0.4) is 0 Å². The molecular formula is C14H22ClN3O2. The molecule has 0 fully saturated rings. The second-order valence-corrected chi connectivity index (χ2v) is 5.16. The Kier molecular flexibility index (Phi) is 6.78. The number of amides is 1. The van der Waals surface area contributed by atoms with E-state index in [9.17, 15) is 4.79 Å². The average molecular weight is 300 g/mol. The van der Waals surface area contributed by atoms with E-state index >= 15 is 0 Å². The molecule has 1 amide bonds. The minimum Gasteiger partial charge on any atom is -0.397 e. The zero-order chi connectivity index (χ0) is 15.1. The molecule has 20 heavy (non-hydrogen) atoms. The first-order valence-corrected chi connectivity index (χ1v) is 6.88. The van der Waals surface area contributed by atoms with E-state index in [-0.39, 0.29) is 11.9 Å². The lowest BCUT2D eigenvalue weighted by Gasteiger charge is -2.24. The van der Waals surface area contributed by atoms with Crippen LogP contribution in [0.2, 0.25) is 5.02 Å². The topological polar surface area (TPSA) is 67.6 Å². The molecule has 1 unspecified atom stereocenters. The highest BCUT2D eigenvalue weighted by Gasteiger charge is 2.18. The van der Waals surface area contributed by atoms with Gasteiger partial charge in [0.2, 0.25) is 5.91 Å². The number of carbonyl (C=O) groups excluding carboxylic acids is 1. The van der Waals surface area contributed by atoms with E-state index in [1.807, 2.05) is 18.9 Å². The van der Waals surface area contributed by atoms with Gasteiger partial charge in [-0.15, -0.1) is 0 Å². The fraction of sp³-hybridized carbons (Fsp3) is 0.500. The lowest BCUT2D eigenvalue weighted by molar-refractivity contribution is -0.120. The largest absolute Gasteiger partial charge is 0.397 e. The van der Waals surface area contributed by atoms with Gasteiger partial charge in [0.05, 0.1) is 17.4 Å². The van der Waals surface area contributed by atoms with Gasteiger partial charge in [-0.1, -0.05) is 11.6 Å². The molecule has 0 bridgehead atoms. The molecule has 1 rings (SSSR count). The number of nitrogens with two attached hydrogens (primary N) is 1. The summed E-state index contributed by atoms with van der Waals surface area (Å²) in [6.07, 6.45) is 0.883. The highest BCUT2D eigenvalue weighted by Crippen LogP contribution is 2.22. The standard InChI is InChI=1S/C14H22ClN3O2/c1-10(18(2)7-4-8-20-3)14(19)17-13-6-5-11(15)9-12(13)16/h5-6,9-10H,4,7-8,16H2,1-3H3,(H,17,19). The molecule has 0 aliphatic rings. The van der Waals surface area contributed by atoms with Crippen LogP contribution in [0.25, 0.3) is 0 Å². The minimum absolute atomic E-state index is 0.0982. The molecule has 0 saturated carbocycles. The zero-order valence-corrected chi connectivity index (χ0v) is 12.9. The maximum Gasteiger partial charge on any atom is 0.241 e. The van der Waals surface area contributed by atoms with E-state index in [4.69, 9.17) is 22.1 Å². The van der Waals surface area contributed by atoms with E-state index < -0.39 is 0 Å². The first kappa shape index (κ1) is 16.8. The number of likely N-dealkylation sites (N-methyl/N-ethyl adjacent to an activating group) is 1.